The fourth-order valence-electron chi connectivity index (χ4n) is 3.35. The first-order chi connectivity index (χ1) is 11.3. The standard InChI is InChI=1S/C18H25NO4/c20-17(14-22-13-15-4-2-1-3-5-15)19-16-6-9-23-18(12-16)7-10-21-11-8-18/h1-5,16H,6-14H2,(H,19,20)/t16-/m1/s1. The van der Waals surface area contributed by atoms with Crippen LogP contribution < -0.4 is 5.32 Å². The molecule has 23 heavy (non-hydrogen) atoms. The molecule has 126 valence electrons. The SMILES string of the molecule is O=C(COCc1ccccc1)N[C@@H]1CCOC2(CCOCC2)C1. The van der Waals surface area contributed by atoms with Crippen LogP contribution >= 0.6 is 0 Å². The fraction of sp³-hybridized carbons (Fsp3) is 0.611. The van der Waals surface area contributed by atoms with E-state index in [9.17, 15) is 4.79 Å². The smallest absolute Gasteiger partial charge is 0.246 e. The second kappa shape index (κ2) is 7.90. The highest BCUT2D eigenvalue weighted by atomic mass is 16.5. The third kappa shape index (κ3) is 4.77. The number of ether oxygens (including phenoxy) is 3. The molecule has 1 N–H and O–H groups in total. The Balaban J connectivity index is 1.40. The summed E-state index contributed by atoms with van der Waals surface area (Å²) in [6, 6.07) is 10.1. The van der Waals surface area contributed by atoms with Gasteiger partial charge in [0.05, 0.1) is 12.2 Å². The molecule has 0 unspecified atom stereocenters. The molecule has 2 heterocycles. The van der Waals surface area contributed by atoms with Crippen LogP contribution in [0.2, 0.25) is 0 Å². The first-order valence-electron chi connectivity index (χ1n) is 8.39. The van der Waals surface area contributed by atoms with Crippen molar-refractivity contribution in [2.75, 3.05) is 26.4 Å². The molecular formula is C18H25NO4. The summed E-state index contributed by atoms with van der Waals surface area (Å²) in [4.78, 5) is 12.1. The predicted molar refractivity (Wildman–Crippen MR) is 86.0 cm³/mol. The van der Waals surface area contributed by atoms with Crippen LogP contribution in [0.4, 0.5) is 0 Å². The Kier molecular flexibility index (Phi) is 5.65. The summed E-state index contributed by atoms with van der Waals surface area (Å²) in [7, 11) is 0. The summed E-state index contributed by atoms with van der Waals surface area (Å²) >= 11 is 0. The Bertz CT molecular complexity index is 493. The Hall–Kier alpha value is -1.43. The van der Waals surface area contributed by atoms with Gasteiger partial charge in [-0.05, 0) is 31.2 Å². The molecule has 2 fully saturated rings. The van der Waals surface area contributed by atoms with Gasteiger partial charge in [0, 0.05) is 25.9 Å². The quantitative estimate of drug-likeness (QED) is 0.902. The predicted octanol–water partition coefficient (Wildman–Crippen LogP) is 2.05. The topological polar surface area (TPSA) is 56.8 Å². The minimum absolute atomic E-state index is 0.0463. The van der Waals surface area contributed by atoms with E-state index in [-0.39, 0.29) is 24.2 Å². The van der Waals surface area contributed by atoms with Gasteiger partial charge in [0.25, 0.3) is 0 Å². The zero-order valence-electron chi connectivity index (χ0n) is 13.5. The molecule has 1 atom stereocenters. The molecule has 2 aliphatic heterocycles. The number of hydrogen-bond donors (Lipinski definition) is 1. The average molecular weight is 319 g/mol. The molecule has 1 amide bonds. The van der Waals surface area contributed by atoms with Crippen molar-refractivity contribution in [1.82, 2.24) is 5.32 Å². The van der Waals surface area contributed by atoms with E-state index in [2.05, 4.69) is 5.32 Å². The lowest BCUT2D eigenvalue weighted by molar-refractivity contribution is -0.145. The van der Waals surface area contributed by atoms with Gasteiger partial charge in [0.15, 0.2) is 0 Å². The number of nitrogens with one attached hydrogen (secondary N) is 1. The van der Waals surface area contributed by atoms with Crippen LogP contribution in [0, 0.1) is 0 Å². The summed E-state index contributed by atoms with van der Waals surface area (Å²) in [5, 5.41) is 3.09. The van der Waals surface area contributed by atoms with E-state index in [1.54, 1.807) is 0 Å². The normalized spacial score (nSPS) is 23.6. The van der Waals surface area contributed by atoms with Gasteiger partial charge in [-0.15, -0.1) is 0 Å². The molecule has 1 aromatic carbocycles. The van der Waals surface area contributed by atoms with Crippen molar-refractivity contribution in [3.63, 3.8) is 0 Å². The number of carbonyl (C=O) groups excluding carboxylic acids is 1. The Labute approximate surface area is 137 Å². The molecular weight excluding hydrogens is 294 g/mol. The Morgan fingerprint density at radius 2 is 2.00 bits per heavy atom. The van der Waals surface area contributed by atoms with E-state index >= 15 is 0 Å². The van der Waals surface area contributed by atoms with Gasteiger partial charge in [0.1, 0.15) is 6.61 Å². The number of hydrogen-bond acceptors (Lipinski definition) is 4. The van der Waals surface area contributed by atoms with Crippen LogP contribution in [0.5, 0.6) is 0 Å². The maximum absolute atomic E-state index is 12.1. The van der Waals surface area contributed by atoms with Crippen molar-refractivity contribution >= 4 is 5.91 Å². The van der Waals surface area contributed by atoms with Gasteiger partial charge >= 0.3 is 0 Å². The van der Waals surface area contributed by atoms with Crippen molar-refractivity contribution < 1.29 is 19.0 Å². The van der Waals surface area contributed by atoms with Gasteiger partial charge in [-0.25, -0.2) is 0 Å². The molecule has 3 rings (SSSR count). The third-order valence-corrected chi connectivity index (χ3v) is 4.61. The van der Waals surface area contributed by atoms with Crippen LogP contribution in [-0.2, 0) is 25.6 Å². The molecule has 0 aliphatic carbocycles. The van der Waals surface area contributed by atoms with Crippen molar-refractivity contribution in [3.8, 4) is 0 Å². The zero-order valence-corrected chi connectivity index (χ0v) is 13.5. The summed E-state index contributed by atoms with van der Waals surface area (Å²) in [5.41, 5.74) is 0.979. The number of benzene rings is 1. The van der Waals surface area contributed by atoms with Gasteiger partial charge in [-0.3, -0.25) is 4.79 Å². The van der Waals surface area contributed by atoms with E-state index in [1.807, 2.05) is 30.3 Å². The molecule has 5 nitrogen and oxygen atoms in total. The highest BCUT2D eigenvalue weighted by Crippen LogP contribution is 2.34. The van der Waals surface area contributed by atoms with Crippen LogP contribution in [0.1, 0.15) is 31.2 Å². The lowest BCUT2D eigenvalue weighted by Crippen LogP contribution is -2.51. The Morgan fingerprint density at radius 3 is 2.78 bits per heavy atom. The molecule has 1 aromatic rings. The molecule has 2 saturated heterocycles. The average Bonchev–Trinajstić information content (AvgIpc) is 2.56. The maximum Gasteiger partial charge on any atom is 0.246 e. The highest BCUT2D eigenvalue weighted by Gasteiger charge is 2.39. The summed E-state index contributed by atoms with van der Waals surface area (Å²) in [6.07, 6.45) is 3.58. The van der Waals surface area contributed by atoms with Crippen molar-refractivity contribution in [1.29, 1.82) is 0 Å². The number of amides is 1. The first-order valence-corrected chi connectivity index (χ1v) is 8.39. The van der Waals surface area contributed by atoms with Gasteiger partial charge in [-0.1, -0.05) is 30.3 Å². The zero-order chi connectivity index (χ0) is 16.0. The van der Waals surface area contributed by atoms with E-state index < -0.39 is 0 Å². The summed E-state index contributed by atoms with van der Waals surface area (Å²) < 4.78 is 16.9. The molecule has 0 aromatic heterocycles. The van der Waals surface area contributed by atoms with E-state index in [1.165, 1.54) is 0 Å². The van der Waals surface area contributed by atoms with Crippen LogP contribution in [0.3, 0.4) is 0 Å². The molecule has 0 saturated carbocycles. The second-order valence-corrected chi connectivity index (χ2v) is 6.38. The minimum Gasteiger partial charge on any atom is -0.381 e. The van der Waals surface area contributed by atoms with Crippen LogP contribution in [0.15, 0.2) is 30.3 Å². The first kappa shape index (κ1) is 16.4. The number of rotatable bonds is 5. The minimum atomic E-state index is -0.0979. The second-order valence-electron chi connectivity index (χ2n) is 6.38. The molecule has 0 bridgehead atoms. The lowest BCUT2D eigenvalue weighted by atomic mass is 9.84. The maximum atomic E-state index is 12.1. The summed E-state index contributed by atoms with van der Waals surface area (Å²) in [5.74, 6) is -0.0463. The lowest BCUT2D eigenvalue weighted by Gasteiger charge is -2.43. The van der Waals surface area contributed by atoms with Crippen molar-refractivity contribution in [3.05, 3.63) is 35.9 Å². The molecule has 0 radical (unpaired) electrons. The largest absolute Gasteiger partial charge is 0.381 e. The fourth-order valence-corrected chi connectivity index (χ4v) is 3.35. The van der Waals surface area contributed by atoms with Crippen LogP contribution in [0.25, 0.3) is 0 Å². The molecule has 5 heteroatoms. The Morgan fingerprint density at radius 1 is 1.22 bits per heavy atom. The number of carbonyl (C=O) groups is 1. The summed E-state index contributed by atoms with van der Waals surface area (Å²) in [6.45, 7) is 2.77. The highest BCUT2D eigenvalue weighted by molar-refractivity contribution is 5.77. The monoisotopic (exact) mass is 319 g/mol. The van der Waals surface area contributed by atoms with Gasteiger partial charge in [0.2, 0.25) is 5.91 Å². The van der Waals surface area contributed by atoms with E-state index in [0.29, 0.717) is 13.2 Å². The third-order valence-electron chi connectivity index (χ3n) is 4.61. The van der Waals surface area contributed by atoms with Crippen LogP contribution in [-0.4, -0.2) is 44.0 Å². The van der Waals surface area contributed by atoms with Crippen molar-refractivity contribution in [2.45, 2.75) is 43.9 Å². The van der Waals surface area contributed by atoms with E-state index in [0.717, 1.165) is 44.5 Å². The molecule has 2 aliphatic rings. The molecule has 1 spiro atoms. The van der Waals surface area contributed by atoms with E-state index in [4.69, 9.17) is 14.2 Å². The van der Waals surface area contributed by atoms with Crippen molar-refractivity contribution in [2.24, 2.45) is 0 Å². The van der Waals surface area contributed by atoms with Gasteiger partial charge in [-0.2, -0.15) is 0 Å². The van der Waals surface area contributed by atoms with Gasteiger partial charge < -0.3 is 19.5 Å².